The molecule has 0 aromatic heterocycles. The van der Waals surface area contributed by atoms with Crippen LogP contribution in [-0.2, 0) is 4.74 Å². The van der Waals surface area contributed by atoms with Crippen LogP contribution in [0.2, 0.25) is 0 Å². The van der Waals surface area contributed by atoms with Crippen molar-refractivity contribution in [3.8, 4) is 0 Å². The average molecular weight is 172 g/mol. The average Bonchev–Trinajstić information content (AvgIpc) is 2.90. The number of rotatable bonds is 6. The molecule has 0 amide bonds. The van der Waals surface area contributed by atoms with E-state index in [4.69, 9.17) is 4.74 Å². The van der Waals surface area contributed by atoms with Crippen molar-refractivity contribution in [2.45, 2.75) is 58.8 Å². The summed E-state index contributed by atoms with van der Waals surface area (Å²) in [4.78, 5) is 0. The highest BCUT2D eigenvalue weighted by Gasteiger charge is 1.95. The largest absolute Gasteiger partial charge is 0.381 e. The summed E-state index contributed by atoms with van der Waals surface area (Å²) in [5.41, 5.74) is 0. The van der Waals surface area contributed by atoms with Crippen molar-refractivity contribution in [2.24, 2.45) is 0 Å². The Balaban J connectivity index is 0.000000330. The zero-order valence-electron chi connectivity index (χ0n) is 8.77. The van der Waals surface area contributed by atoms with Gasteiger partial charge in [0.15, 0.2) is 0 Å². The number of hydrogen-bond acceptors (Lipinski definition) is 1. The lowest BCUT2D eigenvalue weighted by molar-refractivity contribution is 0.128. The monoisotopic (exact) mass is 172 g/mol. The van der Waals surface area contributed by atoms with E-state index in [2.05, 4.69) is 13.8 Å². The summed E-state index contributed by atoms with van der Waals surface area (Å²) >= 11 is 0. The molecule has 1 aliphatic rings. The molecule has 0 unspecified atom stereocenters. The highest BCUT2D eigenvalue weighted by molar-refractivity contribution is 4.50. The van der Waals surface area contributed by atoms with E-state index in [1.165, 1.54) is 44.9 Å². The maximum atomic E-state index is 5.31. The Morgan fingerprint density at radius 3 is 1.50 bits per heavy atom. The SMILES string of the molecule is C1CC1.CCCCOCCCC. The van der Waals surface area contributed by atoms with Crippen LogP contribution >= 0.6 is 0 Å². The number of hydrogen-bond donors (Lipinski definition) is 0. The molecule has 0 spiro atoms. The van der Waals surface area contributed by atoms with E-state index >= 15 is 0 Å². The second kappa shape index (κ2) is 11.0. The number of ether oxygens (including phenoxy) is 1. The number of unbranched alkanes of at least 4 members (excludes halogenated alkanes) is 2. The molecule has 1 fully saturated rings. The van der Waals surface area contributed by atoms with Crippen molar-refractivity contribution in [1.29, 1.82) is 0 Å². The predicted molar refractivity (Wildman–Crippen MR) is 54.5 cm³/mol. The van der Waals surface area contributed by atoms with Crippen LogP contribution in [0.3, 0.4) is 0 Å². The van der Waals surface area contributed by atoms with Gasteiger partial charge in [0, 0.05) is 13.2 Å². The molecule has 0 N–H and O–H groups in total. The molecular weight excluding hydrogens is 148 g/mol. The maximum Gasteiger partial charge on any atom is 0.0465 e. The van der Waals surface area contributed by atoms with E-state index in [-0.39, 0.29) is 0 Å². The van der Waals surface area contributed by atoms with Crippen molar-refractivity contribution in [3.05, 3.63) is 0 Å². The lowest BCUT2D eigenvalue weighted by atomic mass is 10.3. The fraction of sp³-hybridized carbons (Fsp3) is 1.00. The molecule has 0 atom stereocenters. The lowest BCUT2D eigenvalue weighted by Gasteiger charge is -1.99. The van der Waals surface area contributed by atoms with Gasteiger partial charge >= 0.3 is 0 Å². The molecule has 1 nitrogen and oxygen atoms in total. The molecule has 0 aliphatic heterocycles. The van der Waals surface area contributed by atoms with Crippen molar-refractivity contribution >= 4 is 0 Å². The van der Waals surface area contributed by atoms with Gasteiger partial charge in [-0.25, -0.2) is 0 Å². The fourth-order valence-corrected chi connectivity index (χ4v) is 0.595. The topological polar surface area (TPSA) is 9.23 Å². The zero-order valence-corrected chi connectivity index (χ0v) is 8.77. The van der Waals surface area contributed by atoms with Crippen LogP contribution in [-0.4, -0.2) is 13.2 Å². The third kappa shape index (κ3) is 16.5. The van der Waals surface area contributed by atoms with Gasteiger partial charge in [-0.3, -0.25) is 0 Å². The van der Waals surface area contributed by atoms with Crippen LogP contribution < -0.4 is 0 Å². The van der Waals surface area contributed by atoms with Crippen molar-refractivity contribution in [1.82, 2.24) is 0 Å². The summed E-state index contributed by atoms with van der Waals surface area (Å²) in [5, 5.41) is 0. The van der Waals surface area contributed by atoms with Gasteiger partial charge in [-0.05, 0) is 12.8 Å². The quantitative estimate of drug-likeness (QED) is 0.554. The lowest BCUT2D eigenvalue weighted by Crippen LogP contribution is -1.95. The van der Waals surface area contributed by atoms with E-state index in [1.807, 2.05) is 0 Å². The first-order chi connectivity index (χ1) is 5.91. The first kappa shape index (κ1) is 12.0. The Bertz CT molecular complexity index is 60.6. The Kier molecular flexibility index (Phi) is 10.9. The minimum absolute atomic E-state index is 0.955. The Morgan fingerprint density at radius 1 is 0.833 bits per heavy atom. The van der Waals surface area contributed by atoms with E-state index in [9.17, 15) is 0 Å². The molecule has 1 saturated carbocycles. The highest BCUT2D eigenvalue weighted by atomic mass is 16.5. The van der Waals surface area contributed by atoms with Crippen LogP contribution in [0.15, 0.2) is 0 Å². The van der Waals surface area contributed by atoms with Gasteiger partial charge in [-0.2, -0.15) is 0 Å². The summed E-state index contributed by atoms with van der Waals surface area (Å²) in [6.07, 6.45) is 9.41. The van der Waals surface area contributed by atoms with Gasteiger partial charge in [-0.1, -0.05) is 46.0 Å². The van der Waals surface area contributed by atoms with Gasteiger partial charge in [0.2, 0.25) is 0 Å². The zero-order chi connectivity index (χ0) is 9.07. The fourth-order valence-electron chi connectivity index (χ4n) is 0.595. The molecule has 0 aromatic rings. The minimum Gasteiger partial charge on any atom is -0.381 e. The van der Waals surface area contributed by atoms with Crippen molar-refractivity contribution < 1.29 is 4.74 Å². The van der Waals surface area contributed by atoms with Gasteiger partial charge in [0.05, 0.1) is 0 Å². The van der Waals surface area contributed by atoms with Crippen LogP contribution in [0.4, 0.5) is 0 Å². The summed E-state index contributed by atoms with van der Waals surface area (Å²) < 4.78 is 5.31. The highest BCUT2D eigenvalue weighted by Crippen LogP contribution is 2.14. The molecule has 1 aliphatic carbocycles. The van der Waals surface area contributed by atoms with E-state index < -0.39 is 0 Å². The summed E-state index contributed by atoms with van der Waals surface area (Å²) in [5.74, 6) is 0. The molecule has 0 saturated heterocycles. The molecule has 0 heterocycles. The normalized spacial score (nSPS) is 13.5. The minimum atomic E-state index is 0.955. The molecular formula is C11H24O. The molecule has 74 valence electrons. The summed E-state index contributed by atoms with van der Waals surface area (Å²) in [7, 11) is 0. The van der Waals surface area contributed by atoms with Gasteiger partial charge in [-0.15, -0.1) is 0 Å². The third-order valence-electron chi connectivity index (χ3n) is 1.64. The Morgan fingerprint density at radius 2 is 1.25 bits per heavy atom. The van der Waals surface area contributed by atoms with Crippen molar-refractivity contribution in [2.75, 3.05) is 13.2 Å². The molecule has 0 radical (unpaired) electrons. The van der Waals surface area contributed by atoms with E-state index in [0.29, 0.717) is 0 Å². The molecule has 1 rings (SSSR count). The van der Waals surface area contributed by atoms with Gasteiger partial charge in [0.1, 0.15) is 0 Å². The van der Waals surface area contributed by atoms with Gasteiger partial charge in [0.25, 0.3) is 0 Å². The van der Waals surface area contributed by atoms with Crippen LogP contribution in [0.1, 0.15) is 58.8 Å². The maximum absolute atomic E-state index is 5.31. The third-order valence-corrected chi connectivity index (χ3v) is 1.64. The molecule has 1 heteroatoms. The van der Waals surface area contributed by atoms with Gasteiger partial charge < -0.3 is 4.74 Å². The van der Waals surface area contributed by atoms with E-state index in [0.717, 1.165) is 13.2 Å². The van der Waals surface area contributed by atoms with Crippen LogP contribution in [0, 0.1) is 0 Å². The second-order valence-electron chi connectivity index (χ2n) is 3.38. The molecule has 0 aromatic carbocycles. The van der Waals surface area contributed by atoms with Crippen LogP contribution in [0.5, 0.6) is 0 Å². The first-order valence-electron chi connectivity index (χ1n) is 5.49. The van der Waals surface area contributed by atoms with Crippen molar-refractivity contribution in [3.63, 3.8) is 0 Å². The molecule has 0 bridgehead atoms. The van der Waals surface area contributed by atoms with E-state index in [1.54, 1.807) is 0 Å². The van der Waals surface area contributed by atoms with Crippen LogP contribution in [0.25, 0.3) is 0 Å². The summed E-state index contributed by atoms with van der Waals surface area (Å²) in [6, 6.07) is 0. The standard InChI is InChI=1S/C8H18O.C3H6/c1-3-5-7-9-8-6-4-2;1-2-3-1/h3-8H2,1-2H3;1-3H2. The second-order valence-corrected chi connectivity index (χ2v) is 3.38. The molecule has 12 heavy (non-hydrogen) atoms. The Labute approximate surface area is 77.5 Å². The Hall–Kier alpha value is -0.0400. The first-order valence-corrected chi connectivity index (χ1v) is 5.49. The summed E-state index contributed by atoms with van der Waals surface area (Å²) in [6.45, 7) is 6.28. The smallest absolute Gasteiger partial charge is 0.0465 e. The predicted octanol–water partition coefficient (Wildman–Crippen LogP) is 3.77.